The fourth-order valence-corrected chi connectivity index (χ4v) is 5.23. The molecule has 162 valence electrons. The van der Waals surface area contributed by atoms with Gasteiger partial charge in [-0.3, -0.25) is 9.69 Å². The molecule has 5 heteroatoms. The van der Waals surface area contributed by atoms with E-state index >= 15 is 0 Å². The second-order valence-corrected chi connectivity index (χ2v) is 9.40. The van der Waals surface area contributed by atoms with Crippen LogP contribution in [0.15, 0.2) is 29.4 Å². The Balaban J connectivity index is 1.61. The lowest BCUT2D eigenvalue weighted by Crippen LogP contribution is -2.33. The van der Waals surface area contributed by atoms with Crippen molar-refractivity contribution >= 4 is 5.78 Å². The first-order valence-corrected chi connectivity index (χ1v) is 10.9. The molecule has 0 spiro atoms. The molecule has 0 saturated heterocycles. The summed E-state index contributed by atoms with van der Waals surface area (Å²) in [5, 5.41) is 0. The van der Waals surface area contributed by atoms with Crippen molar-refractivity contribution < 1.29 is 19.0 Å². The van der Waals surface area contributed by atoms with E-state index in [0.29, 0.717) is 17.9 Å². The lowest BCUT2D eigenvalue weighted by molar-refractivity contribution is -0.115. The number of carbonyl (C=O) groups excluding carboxylic acids is 1. The first kappa shape index (κ1) is 21.0. The Morgan fingerprint density at radius 2 is 2.13 bits per heavy atom. The number of hydrogen-bond acceptors (Lipinski definition) is 5. The number of benzene rings is 1. The summed E-state index contributed by atoms with van der Waals surface area (Å²) in [5.41, 5.74) is 5.10. The molecule has 3 aliphatic rings. The van der Waals surface area contributed by atoms with E-state index in [0.717, 1.165) is 30.7 Å². The highest BCUT2D eigenvalue weighted by atomic mass is 16.7. The second-order valence-electron chi connectivity index (χ2n) is 9.40. The van der Waals surface area contributed by atoms with Gasteiger partial charge in [-0.05, 0) is 68.3 Å². The van der Waals surface area contributed by atoms with Crippen molar-refractivity contribution in [1.29, 1.82) is 0 Å². The zero-order valence-electron chi connectivity index (χ0n) is 18.8. The molecule has 0 unspecified atom stereocenters. The Morgan fingerprint density at radius 3 is 2.87 bits per heavy atom. The molecule has 0 fully saturated rings. The molecular weight excluding hydrogens is 378 g/mol. The number of rotatable bonds is 5. The predicted octanol–water partition coefficient (Wildman–Crippen LogP) is 4.99. The van der Waals surface area contributed by atoms with Crippen molar-refractivity contribution in [1.82, 2.24) is 4.90 Å². The highest BCUT2D eigenvalue weighted by Gasteiger charge is 2.35. The molecule has 0 saturated carbocycles. The van der Waals surface area contributed by atoms with Gasteiger partial charge in [0.15, 0.2) is 17.3 Å². The minimum absolute atomic E-state index is 0.0372. The fourth-order valence-electron chi connectivity index (χ4n) is 5.23. The summed E-state index contributed by atoms with van der Waals surface area (Å²) in [4.78, 5) is 15.3. The number of methoxy groups -OCH3 is 1. The minimum atomic E-state index is -0.0372. The monoisotopic (exact) mass is 411 g/mol. The summed E-state index contributed by atoms with van der Waals surface area (Å²) in [6, 6.07) is 2.02. The summed E-state index contributed by atoms with van der Waals surface area (Å²) in [7, 11) is 3.73. The van der Waals surface area contributed by atoms with E-state index in [-0.39, 0.29) is 24.0 Å². The quantitative estimate of drug-likeness (QED) is 0.639. The van der Waals surface area contributed by atoms with Crippen LogP contribution in [0.3, 0.4) is 0 Å². The van der Waals surface area contributed by atoms with Gasteiger partial charge in [-0.15, -0.1) is 0 Å². The lowest BCUT2D eigenvalue weighted by Gasteiger charge is -2.35. The maximum Gasteiger partial charge on any atom is 0.231 e. The molecule has 2 aliphatic heterocycles. The number of hydrogen-bond donors (Lipinski definition) is 0. The highest BCUT2D eigenvalue weighted by Crippen LogP contribution is 2.50. The van der Waals surface area contributed by atoms with Crippen molar-refractivity contribution in [2.45, 2.75) is 58.9 Å². The first-order chi connectivity index (χ1) is 14.3. The number of likely N-dealkylation sites (N-methyl/N-ethyl adjacent to an activating group) is 1. The number of fused-ring (bicyclic) bond motifs is 2. The Morgan fingerprint density at radius 1 is 1.33 bits per heavy atom. The number of nitrogens with zero attached hydrogens (tertiary/aromatic N) is 1. The van der Waals surface area contributed by atoms with Gasteiger partial charge in [-0.2, -0.15) is 0 Å². The molecular formula is C25H33NO4. The minimum Gasteiger partial charge on any atom is -0.492 e. The van der Waals surface area contributed by atoms with Crippen LogP contribution in [0.5, 0.6) is 17.2 Å². The van der Waals surface area contributed by atoms with Crippen molar-refractivity contribution in [3.8, 4) is 17.2 Å². The van der Waals surface area contributed by atoms with Crippen LogP contribution in [-0.4, -0.2) is 38.2 Å². The van der Waals surface area contributed by atoms with Gasteiger partial charge in [-0.25, -0.2) is 0 Å². The summed E-state index contributed by atoms with van der Waals surface area (Å²) in [5.74, 6) is 2.24. The molecule has 0 bridgehead atoms. The van der Waals surface area contributed by atoms with Crippen LogP contribution < -0.4 is 14.2 Å². The van der Waals surface area contributed by atoms with Gasteiger partial charge < -0.3 is 14.2 Å². The van der Waals surface area contributed by atoms with Gasteiger partial charge in [0.1, 0.15) is 0 Å². The fraction of sp³-hybridized carbons (Fsp3) is 0.560. The van der Waals surface area contributed by atoms with E-state index in [9.17, 15) is 4.79 Å². The van der Waals surface area contributed by atoms with Crippen LogP contribution >= 0.6 is 0 Å². The maximum atomic E-state index is 13.0. The molecule has 0 aromatic heterocycles. The van der Waals surface area contributed by atoms with E-state index in [4.69, 9.17) is 14.2 Å². The van der Waals surface area contributed by atoms with Gasteiger partial charge in [0.2, 0.25) is 12.5 Å². The molecule has 0 radical (unpaired) electrons. The number of ketones is 1. The van der Waals surface area contributed by atoms with Crippen molar-refractivity contribution in [3.05, 3.63) is 40.5 Å². The third-order valence-corrected chi connectivity index (χ3v) is 6.92. The first-order valence-electron chi connectivity index (χ1n) is 10.9. The zero-order chi connectivity index (χ0) is 21.5. The molecule has 30 heavy (non-hydrogen) atoms. The Hall–Kier alpha value is -2.27. The predicted molar refractivity (Wildman–Crippen MR) is 117 cm³/mol. The van der Waals surface area contributed by atoms with Crippen LogP contribution in [0.1, 0.15) is 63.6 Å². The standard InChI is InChI=1S/C25H33NO4/c1-16-7-6-11-25(2,3)19(16)9-8-18(27)14-20-22-17(10-12-26(20)4)13-21-23(24(22)28-5)30-15-29-21/h8-9,13,20H,6-7,10-12,14-15H2,1-5H3/b9-8+/t20-/m0/s1. The van der Waals surface area contributed by atoms with Gasteiger partial charge in [0.25, 0.3) is 0 Å². The van der Waals surface area contributed by atoms with Crippen LogP contribution in [0.2, 0.25) is 0 Å². The maximum absolute atomic E-state index is 13.0. The Bertz CT molecular complexity index is 912. The average Bonchev–Trinajstić information content (AvgIpc) is 3.16. The average molecular weight is 412 g/mol. The molecule has 2 heterocycles. The van der Waals surface area contributed by atoms with Crippen LogP contribution in [0.4, 0.5) is 0 Å². The van der Waals surface area contributed by atoms with Crippen LogP contribution in [-0.2, 0) is 11.2 Å². The summed E-state index contributed by atoms with van der Waals surface area (Å²) >= 11 is 0. The highest BCUT2D eigenvalue weighted by molar-refractivity contribution is 5.91. The number of allylic oxidation sites excluding steroid dienone is 4. The van der Waals surface area contributed by atoms with Crippen LogP contribution in [0, 0.1) is 5.41 Å². The number of carbonyl (C=O) groups is 1. The molecule has 4 rings (SSSR count). The molecule has 0 amide bonds. The Kier molecular flexibility index (Phi) is 5.67. The normalized spacial score (nSPS) is 23.0. The van der Waals surface area contributed by atoms with Gasteiger partial charge in [0, 0.05) is 24.6 Å². The summed E-state index contributed by atoms with van der Waals surface area (Å²) in [6.45, 7) is 7.86. The molecule has 1 aliphatic carbocycles. The number of ether oxygens (including phenoxy) is 3. The zero-order valence-corrected chi connectivity index (χ0v) is 18.8. The SMILES string of the molecule is COc1c2c(cc3c1[C@H](CC(=O)/C=C/C1=C(C)CCCC1(C)C)N(C)CC3)OCO2. The summed E-state index contributed by atoms with van der Waals surface area (Å²) < 4.78 is 17.0. The van der Waals surface area contributed by atoms with E-state index in [1.54, 1.807) is 13.2 Å². The van der Waals surface area contributed by atoms with Crippen LogP contribution in [0.25, 0.3) is 0 Å². The third-order valence-electron chi connectivity index (χ3n) is 6.92. The van der Waals surface area contributed by atoms with E-state index in [1.165, 1.54) is 29.6 Å². The summed E-state index contributed by atoms with van der Waals surface area (Å²) in [6.07, 6.45) is 8.69. The molecule has 5 nitrogen and oxygen atoms in total. The molecule has 1 aromatic rings. The van der Waals surface area contributed by atoms with Gasteiger partial charge in [-0.1, -0.05) is 25.5 Å². The van der Waals surface area contributed by atoms with Crippen molar-refractivity contribution in [2.75, 3.05) is 27.5 Å². The van der Waals surface area contributed by atoms with Crippen molar-refractivity contribution in [3.63, 3.8) is 0 Å². The van der Waals surface area contributed by atoms with Crippen molar-refractivity contribution in [2.24, 2.45) is 5.41 Å². The smallest absolute Gasteiger partial charge is 0.231 e. The second kappa shape index (κ2) is 8.10. The molecule has 1 atom stereocenters. The lowest BCUT2D eigenvalue weighted by atomic mass is 9.72. The van der Waals surface area contributed by atoms with Gasteiger partial charge >= 0.3 is 0 Å². The molecule has 1 aromatic carbocycles. The van der Waals surface area contributed by atoms with E-state index < -0.39 is 0 Å². The molecule has 0 N–H and O–H groups in total. The third kappa shape index (κ3) is 3.76. The largest absolute Gasteiger partial charge is 0.492 e. The topological polar surface area (TPSA) is 48.0 Å². The Labute approximate surface area is 179 Å². The van der Waals surface area contributed by atoms with E-state index in [2.05, 4.69) is 44.9 Å². The van der Waals surface area contributed by atoms with E-state index in [1.807, 2.05) is 0 Å². The van der Waals surface area contributed by atoms with Gasteiger partial charge in [0.05, 0.1) is 7.11 Å².